The Balaban J connectivity index is 1.44. The lowest BCUT2D eigenvalue weighted by atomic mass is 10.2. The highest BCUT2D eigenvalue weighted by Crippen LogP contribution is 2.34. The van der Waals surface area contributed by atoms with Crippen molar-refractivity contribution in [2.24, 2.45) is 0 Å². The minimum absolute atomic E-state index is 0.0960. The molecule has 0 aromatic heterocycles. The maximum Gasteiger partial charge on any atom is 0.326 e. The summed E-state index contributed by atoms with van der Waals surface area (Å²) in [5.74, 6) is 1.22. The fraction of sp³-hybridized carbons (Fsp3) is 0.300. The summed E-state index contributed by atoms with van der Waals surface area (Å²) in [5, 5.41) is 0. The van der Waals surface area contributed by atoms with E-state index in [1.165, 1.54) is 16.7 Å². The summed E-state index contributed by atoms with van der Waals surface area (Å²) in [4.78, 5) is 26.7. The molecule has 0 unspecified atom stereocenters. The molecule has 0 radical (unpaired) electrons. The molecule has 27 heavy (non-hydrogen) atoms. The van der Waals surface area contributed by atoms with Gasteiger partial charge in [-0.15, -0.1) is 11.8 Å². The van der Waals surface area contributed by atoms with Gasteiger partial charge in [-0.2, -0.15) is 0 Å². The van der Waals surface area contributed by atoms with E-state index in [4.69, 9.17) is 14.2 Å². The van der Waals surface area contributed by atoms with E-state index in [1.807, 2.05) is 43.3 Å². The van der Waals surface area contributed by atoms with Crippen LogP contribution < -0.4 is 14.4 Å². The van der Waals surface area contributed by atoms with Crippen LogP contribution in [0.4, 0.5) is 5.69 Å². The Morgan fingerprint density at radius 1 is 1.04 bits per heavy atom. The van der Waals surface area contributed by atoms with Crippen molar-refractivity contribution in [2.75, 3.05) is 37.0 Å². The van der Waals surface area contributed by atoms with Crippen LogP contribution in [0.3, 0.4) is 0 Å². The maximum atomic E-state index is 12.1. The largest absolute Gasteiger partial charge is 0.494 e. The molecule has 0 spiro atoms. The topological polar surface area (TPSA) is 65.1 Å². The molecular weight excluding hydrogens is 366 g/mol. The molecule has 1 aliphatic rings. The minimum atomic E-state index is -0.458. The van der Waals surface area contributed by atoms with Crippen LogP contribution in [0.5, 0.6) is 11.5 Å². The number of esters is 1. The van der Waals surface area contributed by atoms with Gasteiger partial charge in [0.1, 0.15) is 31.3 Å². The number of carbonyl (C=O) groups is 2. The van der Waals surface area contributed by atoms with E-state index in [0.29, 0.717) is 18.1 Å². The van der Waals surface area contributed by atoms with Gasteiger partial charge in [-0.05, 0) is 43.3 Å². The van der Waals surface area contributed by atoms with E-state index in [2.05, 4.69) is 0 Å². The summed E-state index contributed by atoms with van der Waals surface area (Å²) in [7, 11) is 0. The Bertz CT molecular complexity index is 793. The second-order valence-electron chi connectivity index (χ2n) is 5.71. The highest BCUT2D eigenvalue weighted by atomic mass is 32.2. The van der Waals surface area contributed by atoms with Gasteiger partial charge in [0.05, 0.1) is 18.0 Å². The van der Waals surface area contributed by atoms with E-state index in [0.717, 1.165) is 16.3 Å². The van der Waals surface area contributed by atoms with Crippen molar-refractivity contribution in [3.8, 4) is 11.5 Å². The fourth-order valence-electron chi connectivity index (χ4n) is 2.62. The molecule has 0 saturated carbocycles. The fourth-order valence-corrected chi connectivity index (χ4v) is 3.55. The Kier molecular flexibility index (Phi) is 6.59. The quantitative estimate of drug-likeness (QED) is 0.512. The van der Waals surface area contributed by atoms with Crippen molar-refractivity contribution in [3.05, 3.63) is 48.5 Å². The van der Waals surface area contributed by atoms with Crippen molar-refractivity contribution in [1.82, 2.24) is 0 Å². The first-order valence-corrected chi connectivity index (χ1v) is 9.69. The zero-order valence-corrected chi connectivity index (χ0v) is 15.9. The van der Waals surface area contributed by atoms with Crippen LogP contribution in [0.25, 0.3) is 0 Å². The maximum absolute atomic E-state index is 12.1. The lowest BCUT2D eigenvalue weighted by Gasteiger charge is -2.27. The molecule has 2 aromatic carbocycles. The van der Waals surface area contributed by atoms with Crippen LogP contribution in [-0.2, 0) is 14.3 Å². The van der Waals surface area contributed by atoms with Crippen LogP contribution in [0.15, 0.2) is 53.4 Å². The highest BCUT2D eigenvalue weighted by molar-refractivity contribution is 8.00. The number of hydrogen-bond donors (Lipinski definition) is 0. The third-order valence-corrected chi connectivity index (χ3v) is 4.89. The molecule has 7 heteroatoms. The van der Waals surface area contributed by atoms with Gasteiger partial charge in [0.15, 0.2) is 0 Å². The summed E-state index contributed by atoms with van der Waals surface area (Å²) in [6, 6.07) is 14.8. The average molecular weight is 387 g/mol. The number of thioether (sulfide) groups is 1. The number of amides is 1. The molecule has 0 atom stereocenters. The standard InChI is InChI=1S/C20H21NO5S/c1-2-24-15-7-9-16(10-8-15)25-11-12-26-20(23)13-21-17-5-3-4-6-18(17)27-14-19(21)22/h3-10H,2,11-14H2,1H3. The first-order valence-electron chi connectivity index (χ1n) is 8.71. The highest BCUT2D eigenvalue weighted by Gasteiger charge is 2.26. The zero-order valence-electron chi connectivity index (χ0n) is 15.1. The molecule has 2 aromatic rings. The number of fused-ring (bicyclic) bond motifs is 1. The van der Waals surface area contributed by atoms with Crippen LogP contribution in [0.1, 0.15) is 6.92 Å². The Morgan fingerprint density at radius 3 is 2.48 bits per heavy atom. The summed E-state index contributed by atoms with van der Waals surface area (Å²) >= 11 is 1.48. The molecule has 0 bridgehead atoms. The Morgan fingerprint density at radius 2 is 1.74 bits per heavy atom. The van der Waals surface area contributed by atoms with Crippen molar-refractivity contribution in [2.45, 2.75) is 11.8 Å². The lowest BCUT2D eigenvalue weighted by molar-refractivity contribution is -0.143. The second kappa shape index (κ2) is 9.32. The number of ether oxygens (including phenoxy) is 3. The molecule has 1 aliphatic heterocycles. The number of anilines is 1. The molecule has 0 fully saturated rings. The van der Waals surface area contributed by atoms with Gasteiger partial charge in [-0.3, -0.25) is 14.5 Å². The predicted molar refractivity (Wildman–Crippen MR) is 104 cm³/mol. The van der Waals surface area contributed by atoms with Crippen LogP contribution >= 0.6 is 11.8 Å². The van der Waals surface area contributed by atoms with Gasteiger partial charge in [-0.25, -0.2) is 0 Å². The van der Waals surface area contributed by atoms with Crippen molar-refractivity contribution < 1.29 is 23.8 Å². The molecule has 0 N–H and O–H groups in total. The molecule has 142 valence electrons. The summed E-state index contributed by atoms with van der Waals surface area (Å²) in [5.41, 5.74) is 0.751. The Labute approximate surface area is 162 Å². The molecule has 0 saturated heterocycles. The first-order chi connectivity index (χ1) is 13.2. The van der Waals surface area contributed by atoms with Gasteiger partial charge in [0, 0.05) is 4.90 Å². The van der Waals surface area contributed by atoms with E-state index < -0.39 is 5.97 Å². The first kappa shape index (κ1) is 19.1. The number of para-hydroxylation sites is 1. The van der Waals surface area contributed by atoms with E-state index >= 15 is 0 Å². The SMILES string of the molecule is CCOc1ccc(OCCOC(=O)CN2C(=O)CSc3ccccc32)cc1. The zero-order chi connectivity index (χ0) is 19.1. The van der Waals surface area contributed by atoms with Gasteiger partial charge < -0.3 is 14.2 Å². The third-order valence-electron chi connectivity index (χ3n) is 3.85. The number of rotatable bonds is 8. The number of hydrogen-bond acceptors (Lipinski definition) is 6. The number of carbonyl (C=O) groups excluding carboxylic acids is 2. The van der Waals surface area contributed by atoms with Gasteiger partial charge in [0.25, 0.3) is 0 Å². The molecule has 0 aliphatic carbocycles. The predicted octanol–water partition coefficient (Wildman–Crippen LogP) is 3.15. The van der Waals surface area contributed by atoms with Gasteiger partial charge in [0.2, 0.25) is 5.91 Å². The Hall–Kier alpha value is -2.67. The summed E-state index contributed by atoms with van der Waals surface area (Å²) < 4.78 is 16.1. The van der Waals surface area contributed by atoms with Crippen molar-refractivity contribution >= 4 is 29.3 Å². The summed E-state index contributed by atoms with van der Waals surface area (Å²) in [6.45, 7) is 2.79. The van der Waals surface area contributed by atoms with Crippen molar-refractivity contribution in [1.29, 1.82) is 0 Å². The normalized spacial score (nSPS) is 13.1. The molecule has 1 amide bonds. The van der Waals surface area contributed by atoms with Crippen LogP contribution in [0, 0.1) is 0 Å². The second-order valence-corrected chi connectivity index (χ2v) is 6.73. The number of benzene rings is 2. The summed E-state index contributed by atoms with van der Waals surface area (Å²) in [6.07, 6.45) is 0. The van der Waals surface area contributed by atoms with Crippen molar-refractivity contribution in [3.63, 3.8) is 0 Å². The van der Waals surface area contributed by atoms with E-state index in [9.17, 15) is 9.59 Å². The van der Waals surface area contributed by atoms with Gasteiger partial charge >= 0.3 is 5.97 Å². The lowest BCUT2D eigenvalue weighted by Crippen LogP contribution is -2.40. The minimum Gasteiger partial charge on any atom is -0.494 e. The third kappa shape index (κ3) is 5.17. The molecular formula is C20H21NO5S. The van der Waals surface area contributed by atoms with Crippen LogP contribution in [0.2, 0.25) is 0 Å². The number of nitrogens with zero attached hydrogens (tertiary/aromatic N) is 1. The average Bonchev–Trinajstić information content (AvgIpc) is 2.69. The molecule has 6 nitrogen and oxygen atoms in total. The molecule has 3 rings (SSSR count). The van der Waals surface area contributed by atoms with Crippen LogP contribution in [-0.4, -0.2) is 44.0 Å². The van der Waals surface area contributed by atoms with E-state index in [1.54, 1.807) is 12.1 Å². The van der Waals surface area contributed by atoms with Gasteiger partial charge in [-0.1, -0.05) is 12.1 Å². The van der Waals surface area contributed by atoms with E-state index in [-0.39, 0.29) is 25.7 Å². The molecule has 1 heterocycles. The monoisotopic (exact) mass is 387 g/mol. The smallest absolute Gasteiger partial charge is 0.326 e.